The summed E-state index contributed by atoms with van der Waals surface area (Å²) in [5.41, 5.74) is -0.279. The number of alkyl halides is 3. The molecule has 1 heterocycles. The lowest BCUT2D eigenvalue weighted by Gasteiger charge is -2.35. The number of ether oxygens (including phenoxy) is 1. The molecule has 29 heavy (non-hydrogen) atoms. The molecule has 0 spiro atoms. The molecule has 1 aliphatic rings. The topological polar surface area (TPSA) is 58.6 Å². The van der Waals surface area contributed by atoms with E-state index in [-0.39, 0.29) is 12.6 Å². The van der Waals surface area contributed by atoms with Gasteiger partial charge in [-0.15, -0.1) is 0 Å². The SMILES string of the molecule is O=S(=O)(NCC(c1ccccc1Cl)N1CCOCC1)c1cccc(C(F)(F)F)c1. The van der Waals surface area contributed by atoms with Gasteiger partial charge < -0.3 is 4.74 Å². The Bertz CT molecular complexity index is 948. The third-order valence-electron chi connectivity index (χ3n) is 4.69. The van der Waals surface area contributed by atoms with E-state index in [1.54, 1.807) is 24.3 Å². The van der Waals surface area contributed by atoms with Crippen molar-refractivity contribution in [1.82, 2.24) is 9.62 Å². The van der Waals surface area contributed by atoms with Crippen molar-refractivity contribution in [2.75, 3.05) is 32.8 Å². The molecule has 158 valence electrons. The smallest absolute Gasteiger partial charge is 0.379 e. The van der Waals surface area contributed by atoms with Crippen LogP contribution < -0.4 is 4.72 Å². The second kappa shape index (κ2) is 9.01. The summed E-state index contributed by atoms with van der Waals surface area (Å²) in [4.78, 5) is 1.60. The van der Waals surface area contributed by atoms with E-state index >= 15 is 0 Å². The lowest BCUT2D eigenvalue weighted by Crippen LogP contribution is -2.43. The summed E-state index contributed by atoms with van der Waals surface area (Å²) in [6, 6.07) is 10.4. The van der Waals surface area contributed by atoms with E-state index in [0.29, 0.717) is 37.4 Å². The van der Waals surface area contributed by atoms with Crippen LogP contribution in [-0.2, 0) is 20.9 Å². The highest BCUT2D eigenvalue weighted by molar-refractivity contribution is 7.89. The van der Waals surface area contributed by atoms with Crippen molar-refractivity contribution in [1.29, 1.82) is 0 Å². The second-order valence-electron chi connectivity index (χ2n) is 6.56. The van der Waals surface area contributed by atoms with Crippen LogP contribution in [0.2, 0.25) is 5.02 Å². The summed E-state index contributed by atoms with van der Waals surface area (Å²) in [5, 5.41) is 0.488. The van der Waals surface area contributed by atoms with Crippen molar-refractivity contribution in [3.8, 4) is 0 Å². The minimum absolute atomic E-state index is 0.0394. The van der Waals surface area contributed by atoms with E-state index < -0.39 is 26.7 Å². The highest BCUT2D eigenvalue weighted by atomic mass is 35.5. The minimum atomic E-state index is -4.63. The quantitative estimate of drug-likeness (QED) is 0.732. The van der Waals surface area contributed by atoms with Gasteiger partial charge in [-0.1, -0.05) is 35.9 Å². The molecule has 1 aliphatic heterocycles. The van der Waals surface area contributed by atoms with Gasteiger partial charge in [0.05, 0.1) is 23.7 Å². The minimum Gasteiger partial charge on any atom is -0.379 e. The number of hydrogen-bond acceptors (Lipinski definition) is 4. The molecule has 1 N–H and O–H groups in total. The molecule has 2 aromatic carbocycles. The zero-order valence-electron chi connectivity index (χ0n) is 15.3. The van der Waals surface area contributed by atoms with Crippen molar-refractivity contribution in [3.63, 3.8) is 0 Å². The van der Waals surface area contributed by atoms with Crippen molar-refractivity contribution >= 4 is 21.6 Å². The Labute approximate surface area is 172 Å². The standard InChI is InChI=1S/C19H20ClF3N2O3S/c20-17-7-2-1-6-16(17)18(25-8-10-28-11-9-25)13-24-29(26,27)15-5-3-4-14(12-15)19(21,22)23/h1-7,12,18,24H,8-11,13H2. The maximum atomic E-state index is 12.9. The number of benzene rings is 2. The molecule has 1 fully saturated rings. The fourth-order valence-electron chi connectivity index (χ4n) is 3.18. The first-order valence-corrected chi connectivity index (χ1v) is 10.8. The number of halogens is 4. The van der Waals surface area contributed by atoms with E-state index in [0.717, 1.165) is 23.8 Å². The third kappa shape index (κ3) is 5.49. The van der Waals surface area contributed by atoms with Gasteiger partial charge >= 0.3 is 6.18 Å². The summed E-state index contributed by atoms with van der Waals surface area (Å²) in [6.45, 7) is 2.13. The third-order valence-corrected chi connectivity index (χ3v) is 6.45. The monoisotopic (exact) mass is 448 g/mol. The number of morpholine rings is 1. The molecule has 2 aromatic rings. The van der Waals surface area contributed by atoms with Crippen LogP contribution in [0.15, 0.2) is 53.4 Å². The fourth-order valence-corrected chi connectivity index (χ4v) is 4.53. The first-order valence-electron chi connectivity index (χ1n) is 8.91. The number of hydrogen-bond donors (Lipinski definition) is 1. The van der Waals surface area contributed by atoms with Crippen molar-refractivity contribution in [3.05, 3.63) is 64.7 Å². The first-order chi connectivity index (χ1) is 13.7. The Morgan fingerprint density at radius 2 is 1.79 bits per heavy atom. The second-order valence-corrected chi connectivity index (χ2v) is 8.74. The van der Waals surface area contributed by atoms with E-state index in [1.165, 1.54) is 0 Å². The molecule has 0 saturated carbocycles. The van der Waals surface area contributed by atoms with Gasteiger partial charge in [0, 0.05) is 30.7 Å². The maximum Gasteiger partial charge on any atom is 0.416 e. The number of nitrogens with zero attached hydrogens (tertiary/aromatic N) is 1. The summed E-state index contributed by atoms with van der Waals surface area (Å²) in [5.74, 6) is 0. The number of sulfonamides is 1. The molecule has 10 heteroatoms. The molecule has 3 rings (SSSR count). The van der Waals surface area contributed by atoms with Crippen LogP contribution in [0.3, 0.4) is 0 Å². The van der Waals surface area contributed by atoms with Crippen LogP contribution in [-0.4, -0.2) is 46.2 Å². The first kappa shape index (κ1) is 22.0. The molecule has 0 amide bonds. The lowest BCUT2D eigenvalue weighted by molar-refractivity contribution is -0.137. The predicted octanol–water partition coefficient (Wildman–Crippen LogP) is 3.71. The summed E-state index contributed by atoms with van der Waals surface area (Å²) in [7, 11) is -4.15. The molecule has 1 unspecified atom stereocenters. The Balaban J connectivity index is 1.84. The number of nitrogens with one attached hydrogen (secondary N) is 1. The van der Waals surface area contributed by atoms with Gasteiger partial charge in [-0.05, 0) is 29.8 Å². The molecule has 1 atom stereocenters. The molecule has 0 aromatic heterocycles. The highest BCUT2D eigenvalue weighted by Gasteiger charge is 2.32. The van der Waals surface area contributed by atoms with Gasteiger partial charge in [0.2, 0.25) is 10.0 Å². The molecular weight excluding hydrogens is 429 g/mol. The largest absolute Gasteiger partial charge is 0.416 e. The van der Waals surface area contributed by atoms with Gasteiger partial charge in [-0.25, -0.2) is 13.1 Å². The Hall–Kier alpha value is -1.65. The lowest BCUT2D eigenvalue weighted by atomic mass is 10.0. The van der Waals surface area contributed by atoms with E-state index in [1.807, 2.05) is 4.90 Å². The van der Waals surface area contributed by atoms with Crippen LogP contribution in [0.1, 0.15) is 17.2 Å². The Morgan fingerprint density at radius 3 is 2.45 bits per heavy atom. The van der Waals surface area contributed by atoms with Crippen LogP contribution in [0.4, 0.5) is 13.2 Å². The van der Waals surface area contributed by atoms with Gasteiger partial charge in [-0.3, -0.25) is 4.90 Å². The zero-order chi connectivity index (χ0) is 21.1. The van der Waals surface area contributed by atoms with Gasteiger partial charge in [0.25, 0.3) is 0 Å². The predicted molar refractivity (Wildman–Crippen MR) is 103 cm³/mol. The molecule has 1 saturated heterocycles. The number of rotatable bonds is 6. The van der Waals surface area contributed by atoms with Gasteiger partial charge in [0.1, 0.15) is 0 Å². The molecule has 0 bridgehead atoms. The zero-order valence-corrected chi connectivity index (χ0v) is 16.9. The Kier molecular flexibility index (Phi) is 6.85. The van der Waals surface area contributed by atoms with E-state index in [2.05, 4.69) is 4.72 Å². The van der Waals surface area contributed by atoms with Crippen molar-refractivity contribution in [2.45, 2.75) is 17.1 Å². The molecule has 5 nitrogen and oxygen atoms in total. The summed E-state index contributed by atoms with van der Waals surface area (Å²) < 4.78 is 71.9. The van der Waals surface area contributed by atoms with Gasteiger partial charge in [0.15, 0.2) is 0 Å². The summed E-state index contributed by atoms with van der Waals surface area (Å²) >= 11 is 6.32. The van der Waals surface area contributed by atoms with Crippen molar-refractivity contribution < 1.29 is 26.3 Å². The average Bonchev–Trinajstić information content (AvgIpc) is 2.70. The molecular formula is C19H20ClF3N2O3S. The van der Waals surface area contributed by atoms with Crippen LogP contribution in [0.5, 0.6) is 0 Å². The van der Waals surface area contributed by atoms with E-state index in [4.69, 9.17) is 16.3 Å². The van der Waals surface area contributed by atoms with Crippen LogP contribution in [0.25, 0.3) is 0 Å². The highest BCUT2D eigenvalue weighted by Crippen LogP contribution is 2.31. The van der Waals surface area contributed by atoms with Gasteiger partial charge in [-0.2, -0.15) is 13.2 Å². The Morgan fingerprint density at radius 1 is 1.10 bits per heavy atom. The average molecular weight is 449 g/mol. The van der Waals surface area contributed by atoms with Crippen LogP contribution >= 0.6 is 11.6 Å². The molecule has 0 radical (unpaired) electrons. The van der Waals surface area contributed by atoms with Crippen LogP contribution in [0, 0.1) is 0 Å². The normalized spacial score (nSPS) is 17.2. The van der Waals surface area contributed by atoms with Crippen molar-refractivity contribution in [2.24, 2.45) is 0 Å². The summed E-state index contributed by atoms with van der Waals surface area (Å²) in [6.07, 6.45) is -4.63. The maximum absolute atomic E-state index is 12.9. The molecule has 0 aliphatic carbocycles. The van der Waals surface area contributed by atoms with E-state index in [9.17, 15) is 21.6 Å². The fraction of sp³-hybridized carbons (Fsp3) is 0.368.